The molecule has 80 valence electrons. The minimum Gasteiger partial charge on any atom is -0.455 e. The van der Waals surface area contributed by atoms with Crippen molar-refractivity contribution in [2.45, 2.75) is 37.9 Å². The Labute approximate surface area is 82.3 Å². The van der Waals surface area contributed by atoms with Crippen molar-refractivity contribution in [3.8, 4) is 0 Å². The molecule has 0 aliphatic carbocycles. The minimum atomic E-state index is -0.708. The van der Waals surface area contributed by atoms with Crippen molar-refractivity contribution in [2.75, 3.05) is 13.7 Å². The van der Waals surface area contributed by atoms with Crippen LogP contribution in [0.3, 0.4) is 0 Å². The van der Waals surface area contributed by atoms with Crippen LogP contribution in [0.2, 0.25) is 0 Å². The normalized spacial score (nSPS) is 39.6. The number of cyclic esters (lactones) is 1. The molecule has 0 aromatic carbocycles. The van der Waals surface area contributed by atoms with Crippen LogP contribution in [0.5, 0.6) is 0 Å². The number of methoxy groups -OCH3 is 1. The summed E-state index contributed by atoms with van der Waals surface area (Å²) in [7, 11) is 1.56. The molecule has 0 aromatic heterocycles. The lowest BCUT2D eigenvalue weighted by atomic mass is 10.1. The van der Waals surface area contributed by atoms with Gasteiger partial charge in [0.2, 0.25) is 0 Å². The van der Waals surface area contributed by atoms with E-state index in [-0.39, 0.29) is 18.2 Å². The molecule has 3 atom stereocenters. The van der Waals surface area contributed by atoms with E-state index in [4.69, 9.17) is 18.9 Å². The van der Waals surface area contributed by atoms with Crippen LogP contribution in [0.15, 0.2) is 0 Å². The highest BCUT2D eigenvalue weighted by molar-refractivity contribution is 5.78. The summed E-state index contributed by atoms with van der Waals surface area (Å²) in [6, 6.07) is 0. The Morgan fingerprint density at radius 3 is 2.79 bits per heavy atom. The van der Waals surface area contributed by atoms with Gasteiger partial charge in [-0.15, -0.1) is 0 Å². The number of esters is 1. The maximum absolute atomic E-state index is 11.3. The third kappa shape index (κ3) is 1.51. The number of carbonyl (C=O) groups is 1. The highest BCUT2D eigenvalue weighted by atomic mass is 16.8. The van der Waals surface area contributed by atoms with Crippen molar-refractivity contribution >= 4 is 5.97 Å². The van der Waals surface area contributed by atoms with Gasteiger partial charge in [0, 0.05) is 7.11 Å². The van der Waals surface area contributed by atoms with Crippen LogP contribution in [-0.4, -0.2) is 43.8 Å². The molecule has 2 heterocycles. The van der Waals surface area contributed by atoms with Gasteiger partial charge in [-0.25, -0.2) is 4.79 Å². The monoisotopic (exact) mass is 202 g/mol. The van der Waals surface area contributed by atoms with Crippen LogP contribution in [0, 0.1) is 0 Å². The van der Waals surface area contributed by atoms with Gasteiger partial charge >= 0.3 is 5.97 Å². The highest BCUT2D eigenvalue weighted by Crippen LogP contribution is 2.35. The number of carbonyl (C=O) groups excluding carboxylic acids is 1. The van der Waals surface area contributed by atoms with E-state index in [2.05, 4.69) is 0 Å². The number of hydrogen-bond donors (Lipinski definition) is 0. The van der Waals surface area contributed by atoms with Crippen LogP contribution in [0.1, 0.15) is 13.8 Å². The van der Waals surface area contributed by atoms with Crippen LogP contribution >= 0.6 is 0 Å². The molecule has 0 unspecified atom stereocenters. The molecule has 2 aliphatic rings. The maximum atomic E-state index is 11.3. The predicted octanol–water partition coefficient (Wildman–Crippen LogP) is 0.0783. The molecule has 0 saturated carbocycles. The number of rotatable bonds is 2. The predicted molar refractivity (Wildman–Crippen MR) is 45.6 cm³/mol. The molecular weight excluding hydrogens is 188 g/mol. The van der Waals surface area contributed by atoms with Gasteiger partial charge in [-0.1, -0.05) is 0 Å². The second kappa shape index (κ2) is 3.18. The molecule has 5 heteroatoms. The third-order valence-electron chi connectivity index (χ3n) is 2.33. The molecule has 2 saturated heterocycles. The first-order valence-electron chi connectivity index (χ1n) is 4.58. The van der Waals surface area contributed by atoms with E-state index in [9.17, 15) is 4.79 Å². The molecule has 0 N–H and O–H groups in total. The van der Waals surface area contributed by atoms with E-state index < -0.39 is 11.9 Å². The number of hydrogen-bond acceptors (Lipinski definition) is 5. The highest BCUT2D eigenvalue weighted by Gasteiger charge is 2.55. The lowest BCUT2D eigenvalue weighted by Gasteiger charge is -2.20. The number of ether oxygens (including phenoxy) is 4. The third-order valence-corrected chi connectivity index (χ3v) is 2.33. The molecule has 2 fully saturated rings. The SMILES string of the molecule is COC[C@H]1OC(=O)[C@@H]2OC(C)(C)O[C@H]12. The Kier molecular flexibility index (Phi) is 2.25. The Morgan fingerprint density at radius 1 is 1.43 bits per heavy atom. The fraction of sp³-hybridized carbons (Fsp3) is 0.889. The van der Waals surface area contributed by atoms with Crippen molar-refractivity contribution in [1.82, 2.24) is 0 Å². The summed E-state index contributed by atoms with van der Waals surface area (Å²) < 4.78 is 21.0. The first-order valence-corrected chi connectivity index (χ1v) is 4.58. The Balaban J connectivity index is 2.11. The zero-order valence-electron chi connectivity index (χ0n) is 8.48. The lowest BCUT2D eigenvalue weighted by Crippen LogP contribution is -2.32. The van der Waals surface area contributed by atoms with Gasteiger partial charge in [-0.05, 0) is 13.8 Å². The van der Waals surface area contributed by atoms with Gasteiger partial charge in [-0.2, -0.15) is 0 Å². The average Bonchev–Trinajstić information content (AvgIpc) is 2.51. The summed E-state index contributed by atoms with van der Waals surface area (Å²) in [6.45, 7) is 3.90. The van der Waals surface area contributed by atoms with E-state index in [1.54, 1.807) is 21.0 Å². The van der Waals surface area contributed by atoms with Gasteiger partial charge < -0.3 is 18.9 Å². The van der Waals surface area contributed by atoms with Crippen molar-refractivity contribution < 1.29 is 23.7 Å². The zero-order chi connectivity index (χ0) is 10.3. The van der Waals surface area contributed by atoms with Crippen molar-refractivity contribution in [3.63, 3.8) is 0 Å². The average molecular weight is 202 g/mol. The van der Waals surface area contributed by atoms with Gasteiger partial charge in [0.25, 0.3) is 0 Å². The van der Waals surface area contributed by atoms with E-state index in [0.29, 0.717) is 6.61 Å². The number of fused-ring (bicyclic) bond motifs is 1. The fourth-order valence-corrected chi connectivity index (χ4v) is 1.82. The van der Waals surface area contributed by atoms with E-state index in [0.717, 1.165) is 0 Å². The molecule has 2 aliphatic heterocycles. The van der Waals surface area contributed by atoms with Crippen LogP contribution < -0.4 is 0 Å². The standard InChI is InChI=1S/C9H14O5/c1-9(2)13-6-5(4-11-3)12-8(10)7(6)14-9/h5-7H,4H2,1-3H3/t5-,6-,7-/m1/s1. The topological polar surface area (TPSA) is 54.0 Å². The van der Waals surface area contributed by atoms with Crippen LogP contribution in [-0.2, 0) is 23.7 Å². The molecule has 2 rings (SSSR count). The second-order valence-electron chi connectivity index (χ2n) is 3.95. The molecule has 0 amide bonds. The molecule has 0 bridgehead atoms. The van der Waals surface area contributed by atoms with Crippen LogP contribution in [0.4, 0.5) is 0 Å². The Hall–Kier alpha value is -0.650. The molecule has 0 aromatic rings. The van der Waals surface area contributed by atoms with Gasteiger partial charge in [0.05, 0.1) is 6.61 Å². The first-order chi connectivity index (χ1) is 6.53. The summed E-state index contributed by atoms with van der Waals surface area (Å²) in [5, 5.41) is 0. The van der Waals surface area contributed by atoms with Gasteiger partial charge in [0.15, 0.2) is 18.0 Å². The fourth-order valence-electron chi connectivity index (χ4n) is 1.82. The Morgan fingerprint density at radius 2 is 2.14 bits per heavy atom. The van der Waals surface area contributed by atoms with E-state index >= 15 is 0 Å². The summed E-state index contributed by atoms with van der Waals surface area (Å²) in [5.74, 6) is -1.07. The lowest BCUT2D eigenvalue weighted by molar-refractivity contribution is -0.189. The van der Waals surface area contributed by atoms with Crippen molar-refractivity contribution in [2.24, 2.45) is 0 Å². The summed E-state index contributed by atoms with van der Waals surface area (Å²) in [6.07, 6.45) is -1.28. The van der Waals surface area contributed by atoms with E-state index in [1.807, 2.05) is 0 Å². The van der Waals surface area contributed by atoms with Crippen LogP contribution in [0.25, 0.3) is 0 Å². The maximum Gasteiger partial charge on any atom is 0.338 e. The van der Waals surface area contributed by atoms with E-state index in [1.165, 1.54) is 0 Å². The minimum absolute atomic E-state index is 0.336. The summed E-state index contributed by atoms with van der Waals surface area (Å²) >= 11 is 0. The summed E-state index contributed by atoms with van der Waals surface area (Å²) in [5.41, 5.74) is 0. The molecule has 0 spiro atoms. The first kappa shape index (κ1) is 9.89. The quantitative estimate of drug-likeness (QED) is 0.593. The molecule has 14 heavy (non-hydrogen) atoms. The van der Waals surface area contributed by atoms with Crippen molar-refractivity contribution in [1.29, 1.82) is 0 Å². The molecular formula is C9H14O5. The largest absolute Gasteiger partial charge is 0.455 e. The molecule has 0 radical (unpaired) electrons. The van der Waals surface area contributed by atoms with Gasteiger partial charge in [-0.3, -0.25) is 0 Å². The second-order valence-corrected chi connectivity index (χ2v) is 3.95. The zero-order valence-corrected chi connectivity index (χ0v) is 8.48. The van der Waals surface area contributed by atoms with Gasteiger partial charge in [0.1, 0.15) is 6.10 Å². The molecule has 5 nitrogen and oxygen atoms in total. The Bertz CT molecular complexity index is 250. The van der Waals surface area contributed by atoms with Crippen molar-refractivity contribution in [3.05, 3.63) is 0 Å². The summed E-state index contributed by atoms with van der Waals surface area (Å²) in [4.78, 5) is 11.3. The smallest absolute Gasteiger partial charge is 0.338 e.